The van der Waals surface area contributed by atoms with Crippen LogP contribution in [0.2, 0.25) is 0 Å². The van der Waals surface area contributed by atoms with Gasteiger partial charge in [0.2, 0.25) is 0 Å². The lowest BCUT2D eigenvalue weighted by molar-refractivity contribution is -0.156. The van der Waals surface area contributed by atoms with Crippen LogP contribution in [0.5, 0.6) is 0 Å². The van der Waals surface area contributed by atoms with Crippen molar-refractivity contribution in [2.75, 3.05) is 19.6 Å². The minimum Gasteiger partial charge on any atom is -0.468 e. The maximum Gasteiger partial charge on any atom is 0.255 e. The molecule has 1 aromatic heterocycles. The molecule has 2 aromatic rings. The monoisotopic (exact) mass is 328 g/mol. The first-order chi connectivity index (χ1) is 11.7. The van der Waals surface area contributed by atoms with E-state index in [-0.39, 0.29) is 12.5 Å². The Morgan fingerprint density at radius 1 is 1.21 bits per heavy atom. The number of furan rings is 1. The van der Waals surface area contributed by atoms with E-state index in [1.54, 1.807) is 11.2 Å². The molecule has 0 unspecified atom stereocenters. The first-order valence-electron chi connectivity index (χ1n) is 8.46. The zero-order chi connectivity index (χ0) is 16.8. The molecule has 2 N–H and O–H groups in total. The summed E-state index contributed by atoms with van der Waals surface area (Å²) in [5.41, 5.74) is -0.114. The Bertz CT molecular complexity index is 642. The first kappa shape index (κ1) is 16.7. The van der Waals surface area contributed by atoms with Crippen LogP contribution in [0, 0.1) is 0 Å². The molecule has 1 atom stereocenters. The minimum absolute atomic E-state index is 0.170. The van der Waals surface area contributed by atoms with Crippen molar-refractivity contribution in [1.29, 1.82) is 0 Å². The number of nitrogens with one attached hydrogen (secondary N) is 1. The molecule has 2 heterocycles. The molecule has 1 amide bonds. The van der Waals surface area contributed by atoms with E-state index in [4.69, 9.17) is 4.42 Å². The maximum absolute atomic E-state index is 12.7. The summed E-state index contributed by atoms with van der Waals surface area (Å²) in [6.45, 7) is 2.11. The number of rotatable bonds is 7. The van der Waals surface area contributed by atoms with Crippen molar-refractivity contribution in [3.8, 4) is 0 Å². The molecule has 0 radical (unpaired) electrons. The summed E-state index contributed by atoms with van der Waals surface area (Å²) in [7, 11) is 0. The third kappa shape index (κ3) is 4.04. The van der Waals surface area contributed by atoms with E-state index in [1.807, 2.05) is 30.3 Å². The predicted molar refractivity (Wildman–Crippen MR) is 91.3 cm³/mol. The van der Waals surface area contributed by atoms with Crippen molar-refractivity contribution in [2.24, 2.45) is 0 Å². The highest BCUT2D eigenvalue weighted by molar-refractivity contribution is 5.86. The molecule has 1 aliphatic rings. The highest BCUT2D eigenvalue weighted by Crippen LogP contribution is 2.22. The van der Waals surface area contributed by atoms with Gasteiger partial charge in [-0.25, -0.2) is 0 Å². The van der Waals surface area contributed by atoms with Gasteiger partial charge in [0.05, 0.1) is 12.8 Å². The zero-order valence-corrected chi connectivity index (χ0v) is 13.8. The standard InChI is InChI=1S/C19H24N2O3/c22-18-19(23,15-20-14-17-8-4-13-24-17)10-5-11-21(18)12-9-16-6-2-1-3-7-16/h1-4,6-8,13,20,23H,5,9-12,14-15H2/t19-/m1/s1. The van der Waals surface area contributed by atoms with Crippen LogP contribution in [0.25, 0.3) is 0 Å². The highest BCUT2D eigenvalue weighted by Gasteiger charge is 2.41. The van der Waals surface area contributed by atoms with Crippen molar-refractivity contribution in [3.05, 3.63) is 60.1 Å². The van der Waals surface area contributed by atoms with Gasteiger partial charge in [-0.3, -0.25) is 4.79 Å². The van der Waals surface area contributed by atoms with Crippen molar-refractivity contribution in [1.82, 2.24) is 10.2 Å². The van der Waals surface area contributed by atoms with Crippen LogP contribution in [0.1, 0.15) is 24.2 Å². The normalized spacial score (nSPS) is 21.2. The molecule has 0 aliphatic carbocycles. The molecule has 5 nitrogen and oxygen atoms in total. The number of benzene rings is 1. The lowest BCUT2D eigenvalue weighted by atomic mass is 9.91. The highest BCUT2D eigenvalue weighted by atomic mass is 16.3. The SMILES string of the molecule is O=C1N(CCc2ccccc2)CCC[C@@]1(O)CNCc1ccco1. The molecule has 1 fully saturated rings. The van der Waals surface area contributed by atoms with Crippen LogP contribution in [0.4, 0.5) is 0 Å². The Morgan fingerprint density at radius 2 is 2.04 bits per heavy atom. The van der Waals surface area contributed by atoms with E-state index in [2.05, 4.69) is 17.4 Å². The first-order valence-corrected chi connectivity index (χ1v) is 8.46. The number of carbonyl (C=O) groups is 1. The van der Waals surface area contributed by atoms with Crippen LogP contribution < -0.4 is 5.32 Å². The largest absolute Gasteiger partial charge is 0.468 e. The Labute approximate surface area is 142 Å². The van der Waals surface area contributed by atoms with Gasteiger partial charge >= 0.3 is 0 Å². The number of aliphatic hydroxyl groups is 1. The Morgan fingerprint density at radius 3 is 2.79 bits per heavy atom. The molecule has 128 valence electrons. The quantitative estimate of drug-likeness (QED) is 0.815. The number of amides is 1. The smallest absolute Gasteiger partial charge is 0.255 e. The maximum atomic E-state index is 12.7. The van der Waals surface area contributed by atoms with Gasteiger partial charge in [0, 0.05) is 19.6 Å². The molecule has 1 aromatic carbocycles. The lowest BCUT2D eigenvalue weighted by Crippen LogP contribution is -2.58. The van der Waals surface area contributed by atoms with Crippen molar-refractivity contribution < 1.29 is 14.3 Å². The third-order valence-corrected chi connectivity index (χ3v) is 4.51. The summed E-state index contributed by atoms with van der Waals surface area (Å²) in [6, 6.07) is 13.8. The van der Waals surface area contributed by atoms with Gasteiger partial charge in [0.15, 0.2) is 5.60 Å². The number of hydrogen-bond donors (Lipinski definition) is 2. The molecular formula is C19H24N2O3. The van der Waals surface area contributed by atoms with Crippen LogP contribution in [-0.4, -0.2) is 41.1 Å². The molecule has 0 saturated carbocycles. The van der Waals surface area contributed by atoms with Crippen LogP contribution in [0.3, 0.4) is 0 Å². The summed E-state index contributed by atoms with van der Waals surface area (Å²) < 4.78 is 5.25. The number of carbonyl (C=O) groups excluding carboxylic acids is 1. The van der Waals surface area contributed by atoms with E-state index in [0.717, 1.165) is 18.6 Å². The van der Waals surface area contributed by atoms with Crippen LogP contribution >= 0.6 is 0 Å². The molecule has 1 aliphatic heterocycles. The lowest BCUT2D eigenvalue weighted by Gasteiger charge is -2.38. The number of piperidine rings is 1. The Hall–Kier alpha value is -2.11. The van der Waals surface area contributed by atoms with E-state index in [0.29, 0.717) is 26.1 Å². The van der Waals surface area contributed by atoms with Gasteiger partial charge in [-0.1, -0.05) is 30.3 Å². The molecule has 0 spiro atoms. The average molecular weight is 328 g/mol. The summed E-state index contributed by atoms with van der Waals surface area (Å²) in [5.74, 6) is 0.624. The molecular weight excluding hydrogens is 304 g/mol. The fraction of sp³-hybridized carbons (Fsp3) is 0.421. The topological polar surface area (TPSA) is 65.7 Å². The molecule has 0 bridgehead atoms. The van der Waals surface area contributed by atoms with E-state index in [9.17, 15) is 9.90 Å². The molecule has 3 rings (SSSR count). The fourth-order valence-electron chi connectivity index (χ4n) is 3.16. The van der Waals surface area contributed by atoms with Crippen LogP contribution in [0.15, 0.2) is 53.1 Å². The Balaban J connectivity index is 1.53. The molecule has 1 saturated heterocycles. The van der Waals surface area contributed by atoms with Gasteiger partial charge in [0.1, 0.15) is 5.76 Å². The van der Waals surface area contributed by atoms with Crippen molar-refractivity contribution >= 4 is 5.91 Å². The molecule has 5 heteroatoms. The summed E-state index contributed by atoms with van der Waals surface area (Å²) >= 11 is 0. The molecule has 24 heavy (non-hydrogen) atoms. The van der Waals surface area contributed by atoms with Crippen molar-refractivity contribution in [2.45, 2.75) is 31.4 Å². The number of hydrogen-bond acceptors (Lipinski definition) is 4. The van der Waals surface area contributed by atoms with E-state index >= 15 is 0 Å². The van der Waals surface area contributed by atoms with Gasteiger partial charge in [0.25, 0.3) is 5.91 Å². The zero-order valence-electron chi connectivity index (χ0n) is 13.8. The van der Waals surface area contributed by atoms with Gasteiger partial charge in [-0.2, -0.15) is 0 Å². The minimum atomic E-state index is -1.32. The fourth-order valence-corrected chi connectivity index (χ4v) is 3.16. The Kier molecular flexibility index (Phi) is 5.33. The third-order valence-electron chi connectivity index (χ3n) is 4.51. The second-order valence-corrected chi connectivity index (χ2v) is 6.35. The van der Waals surface area contributed by atoms with Crippen LogP contribution in [-0.2, 0) is 17.8 Å². The predicted octanol–water partition coefficient (Wildman–Crippen LogP) is 1.97. The average Bonchev–Trinajstić information content (AvgIpc) is 3.11. The van der Waals surface area contributed by atoms with E-state index in [1.165, 1.54) is 5.56 Å². The second-order valence-electron chi connectivity index (χ2n) is 6.35. The van der Waals surface area contributed by atoms with Gasteiger partial charge in [-0.05, 0) is 37.0 Å². The number of nitrogens with zero attached hydrogens (tertiary/aromatic N) is 1. The summed E-state index contributed by atoms with van der Waals surface area (Å²) in [4.78, 5) is 14.5. The van der Waals surface area contributed by atoms with E-state index < -0.39 is 5.60 Å². The second kappa shape index (κ2) is 7.64. The van der Waals surface area contributed by atoms with Gasteiger partial charge < -0.3 is 19.7 Å². The summed E-state index contributed by atoms with van der Waals surface area (Å²) in [6.07, 6.45) is 3.74. The summed E-state index contributed by atoms with van der Waals surface area (Å²) in [5, 5.41) is 13.9. The van der Waals surface area contributed by atoms with Gasteiger partial charge in [-0.15, -0.1) is 0 Å². The van der Waals surface area contributed by atoms with Crippen molar-refractivity contribution in [3.63, 3.8) is 0 Å². The number of likely N-dealkylation sites (tertiary alicyclic amines) is 1.